The van der Waals surface area contributed by atoms with Crippen LogP contribution in [0.4, 0.5) is 0 Å². The van der Waals surface area contributed by atoms with Gasteiger partial charge in [0.15, 0.2) is 6.29 Å². The lowest BCUT2D eigenvalue weighted by Gasteiger charge is -2.37. The first-order chi connectivity index (χ1) is 10.7. The molecule has 0 saturated carbocycles. The monoisotopic (exact) mass is 328 g/mol. The Morgan fingerprint density at radius 2 is 1.95 bits per heavy atom. The second-order valence-corrected chi connectivity index (χ2v) is 5.41. The third-order valence-corrected chi connectivity index (χ3v) is 3.90. The number of aliphatic hydroxyl groups excluding tert-OH is 3. The molecule has 1 aliphatic rings. The number of hydrogen-bond acceptors (Lipinski definition) is 5. The topological polar surface area (TPSA) is 79.2 Å². The number of aliphatic hydroxyl groups is 3. The lowest BCUT2D eigenvalue weighted by Crippen LogP contribution is -2.52. The molecule has 1 aliphatic heterocycles. The molecule has 0 spiro atoms. The summed E-state index contributed by atoms with van der Waals surface area (Å²) in [7, 11) is 0. The van der Waals surface area contributed by atoms with Crippen LogP contribution in [-0.4, -0.2) is 53.1 Å². The zero-order valence-corrected chi connectivity index (χ0v) is 12.9. The first-order valence-corrected chi connectivity index (χ1v) is 7.69. The summed E-state index contributed by atoms with van der Waals surface area (Å²) in [4.78, 5) is 0. The van der Waals surface area contributed by atoms with Gasteiger partial charge in [0.05, 0.1) is 13.2 Å². The molecule has 2 unspecified atom stereocenters. The van der Waals surface area contributed by atoms with E-state index in [0.29, 0.717) is 6.61 Å². The fourth-order valence-electron chi connectivity index (χ4n) is 2.37. The van der Waals surface area contributed by atoms with Crippen molar-refractivity contribution < 1.29 is 24.8 Å². The van der Waals surface area contributed by atoms with E-state index in [-0.39, 0.29) is 5.57 Å². The minimum atomic E-state index is -1.22. The third kappa shape index (κ3) is 4.29. The highest BCUT2D eigenvalue weighted by atomic mass is 35.5. The molecule has 1 saturated heterocycles. The van der Waals surface area contributed by atoms with Crippen LogP contribution in [-0.2, 0) is 15.9 Å². The van der Waals surface area contributed by atoms with Gasteiger partial charge in [-0.05, 0) is 18.4 Å². The summed E-state index contributed by atoms with van der Waals surface area (Å²) in [5.74, 6) is 0. The Morgan fingerprint density at radius 3 is 2.59 bits per heavy atom. The lowest BCUT2D eigenvalue weighted by molar-refractivity contribution is -0.225. The molecule has 2 rings (SSSR count). The van der Waals surface area contributed by atoms with Crippen molar-refractivity contribution in [3.8, 4) is 0 Å². The molecule has 22 heavy (non-hydrogen) atoms. The molecular weight excluding hydrogens is 308 g/mol. The van der Waals surface area contributed by atoms with Gasteiger partial charge in [0.1, 0.15) is 18.3 Å². The van der Waals surface area contributed by atoms with Crippen molar-refractivity contribution in [3.63, 3.8) is 0 Å². The standard InChI is InChI=1S/C16H21ClO5/c17-9-12-14(19)15(20)13(10-18)22-16(12)21-8-4-7-11-5-2-1-3-6-11/h1-3,5-6,9,13-16,18-20H,4,7-8,10H2/b12-9-/t13?,14?,15-,16+/m1/s1. The van der Waals surface area contributed by atoms with Crippen LogP contribution in [0.5, 0.6) is 0 Å². The van der Waals surface area contributed by atoms with E-state index in [1.54, 1.807) is 0 Å². The van der Waals surface area contributed by atoms with E-state index in [1.165, 1.54) is 5.56 Å². The van der Waals surface area contributed by atoms with Gasteiger partial charge in [-0.2, -0.15) is 0 Å². The summed E-state index contributed by atoms with van der Waals surface area (Å²) in [5.41, 5.74) is 2.63. The predicted octanol–water partition coefficient (Wildman–Crippen LogP) is 1.20. The van der Waals surface area contributed by atoms with Crippen LogP contribution in [0, 0.1) is 0 Å². The quantitative estimate of drug-likeness (QED) is 0.684. The molecule has 3 N–H and O–H groups in total. The summed E-state index contributed by atoms with van der Waals surface area (Å²) in [6.45, 7) is 0.00637. The summed E-state index contributed by atoms with van der Waals surface area (Å²) in [6.07, 6.45) is -2.54. The largest absolute Gasteiger partial charge is 0.394 e. The average molecular weight is 329 g/mol. The molecule has 0 bridgehead atoms. The first kappa shape index (κ1) is 17.4. The van der Waals surface area contributed by atoms with E-state index in [2.05, 4.69) is 0 Å². The van der Waals surface area contributed by atoms with E-state index in [9.17, 15) is 15.3 Å². The predicted molar refractivity (Wildman–Crippen MR) is 82.4 cm³/mol. The maximum atomic E-state index is 9.97. The Labute approximate surface area is 134 Å². The van der Waals surface area contributed by atoms with Gasteiger partial charge in [-0.25, -0.2) is 0 Å². The molecule has 5 nitrogen and oxygen atoms in total. The van der Waals surface area contributed by atoms with Crippen molar-refractivity contribution in [2.24, 2.45) is 0 Å². The van der Waals surface area contributed by atoms with Gasteiger partial charge in [-0.3, -0.25) is 0 Å². The number of rotatable bonds is 6. The highest BCUT2D eigenvalue weighted by Gasteiger charge is 2.40. The molecule has 0 amide bonds. The zero-order valence-electron chi connectivity index (χ0n) is 12.1. The van der Waals surface area contributed by atoms with Crippen LogP contribution in [0.3, 0.4) is 0 Å². The number of halogens is 1. The number of aryl methyl sites for hydroxylation is 1. The minimum Gasteiger partial charge on any atom is -0.394 e. The summed E-state index contributed by atoms with van der Waals surface area (Å²) in [6, 6.07) is 10.0. The van der Waals surface area contributed by atoms with E-state index < -0.39 is 31.2 Å². The Balaban J connectivity index is 1.85. The maximum absolute atomic E-state index is 9.97. The Hall–Kier alpha value is -0.950. The number of benzene rings is 1. The second-order valence-electron chi connectivity index (χ2n) is 5.19. The van der Waals surface area contributed by atoms with Crippen LogP contribution in [0.2, 0.25) is 0 Å². The van der Waals surface area contributed by atoms with Crippen LogP contribution >= 0.6 is 11.6 Å². The van der Waals surface area contributed by atoms with E-state index in [0.717, 1.165) is 18.4 Å². The van der Waals surface area contributed by atoms with Gasteiger partial charge in [0.25, 0.3) is 0 Å². The molecular formula is C16H21ClO5. The molecule has 1 fully saturated rings. The van der Waals surface area contributed by atoms with Crippen molar-refractivity contribution in [3.05, 3.63) is 47.0 Å². The number of hydrogen-bond donors (Lipinski definition) is 3. The molecule has 0 radical (unpaired) electrons. The van der Waals surface area contributed by atoms with Gasteiger partial charge in [-0.1, -0.05) is 41.9 Å². The summed E-state index contributed by atoms with van der Waals surface area (Å²) < 4.78 is 11.0. The Morgan fingerprint density at radius 1 is 1.23 bits per heavy atom. The van der Waals surface area contributed by atoms with Crippen molar-refractivity contribution in [1.29, 1.82) is 0 Å². The van der Waals surface area contributed by atoms with Crippen molar-refractivity contribution in [2.45, 2.75) is 37.4 Å². The van der Waals surface area contributed by atoms with Crippen molar-refractivity contribution in [1.82, 2.24) is 0 Å². The Bertz CT molecular complexity index is 479. The molecule has 1 heterocycles. The van der Waals surface area contributed by atoms with E-state index >= 15 is 0 Å². The Kier molecular flexibility index (Phi) is 6.82. The average Bonchev–Trinajstić information content (AvgIpc) is 2.55. The maximum Gasteiger partial charge on any atom is 0.184 e. The second kappa shape index (κ2) is 8.62. The zero-order chi connectivity index (χ0) is 15.9. The summed E-state index contributed by atoms with van der Waals surface area (Å²) in [5, 5.41) is 28.9. The normalized spacial score (nSPS) is 30.6. The molecule has 122 valence electrons. The van der Waals surface area contributed by atoms with E-state index in [4.69, 9.17) is 21.1 Å². The van der Waals surface area contributed by atoms with Gasteiger partial charge < -0.3 is 24.8 Å². The van der Waals surface area contributed by atoms with Gasteiger partial charge in [0.2, 0.25) is 0 Å². The lowest BCUT2D eigenvalue weighted by atomic mass is 9.98. The minimum absolute atomic E-state index is 0.263. The molecule has 6 heteroatoms. The fourth-order valence-corrected chi connectivity index (χ4v) is 2.60. The first-order valence-electron chi connectivity index (χ1n) is 7.25. The van der Waals surface area contributed by atoms with Gasteiger partial charge in [-0.15, -0.1) is 0 Å². The van der Waals surface area contributed by atoms with Crippen LogP contribution in [0.1, 0.15) is 12.0 Å². The highest BCUT2D eigenvalue weighted by molar-refractivity contribution is 6.25. The van der Waals surface area contributed by atoms with Crippen molar-refractivity contribution in [2.75, 3.05) is 13.2 Å². The van der Waals surface area contributed by atoms with Crippen molar-refractivity contribution >= 4 is 11.6 Å². The molecule has 0 aromatic heterocycles. The third-order valence-electron chi connectivity index (χ3n) is 3.64. The molecule has 1 aromatic rings. The van der Waals surface area contributed by atoms with Crippen LogP contribution in [0.25, 0.3) is 0 Å². The van der Waals surface area contributed by atoms with Crippen LogP contribution < -0.4 is 0 Å². The molecule has 4 atom stereocenters. The smallest absolute Gasteiger partial charge is 0.184 e. The molecule has 1 aromatic carbocycles. The van der Waals surface area contributed by atoms with Gasteiger partial charge in [0, 0.05) is 11.1 Å². The van der Waals surface area contributed by atoms with Gasteiger partial charge >= 0.3 is 0 Å². The SMILES string of the molecule is OCC1O[C@H](OCCCc2ccccc2)/C(=C\Cl)C(O)[C@@H]1O. The van der Waals surface area contributed by atoms with E-state index in [1.807, 2.05) is 30.3 Å². The number of ether oxygens (including phenoxy) is 2. The van der Waals surface area contributed by atoms with Crippen LogP contribution in [0.15, 0.2) is 41.4 Å². The fraction of sp³-hybridized carbons (Fsp3) is 0.500. The highest BCUT2D eigenvalue weighted by Crippen LogP contribution is 2.27. The summed E-state index contributed by atoms with van der Waals surface area (Å²) >= 11 is 5.68. The molecule has 0 aliphatic carbocycles.